The SMILES string of the molecule is CN(Cc1ccccc1)C[C@H]1CC[C@H](N)CC1. The van der Waals surface area contributed by atoms with Crippen molar-refractivity contribution in [3.05, 3.63) is 35.9 Å². The Bertz CT molecular complexity index is 315. The highest BCUT2D eigenvalue weighted by Crippen LogP contribution is 2.24. The van der Waals surface area contributed by atoms with Crippen molar-refractivity contribution in [2.24, 2.45) is 11.7 Å². The van der Waals surface area contributed by atoms with Crippen LogP contribution >= 0.6 is 0 Å². The number of nitrogens with two attached hydrogens (primary N) is 1. The van der Waals surface area contributed by atoms with Crippen LogP contribution in [0.25, 0.3) is 0 Å². The summed E-state index contributed by atoms with van der Waals surface area (Å²) < 4.78 is 0. The maximum absolute atomic E-state index is 5.94. The second-order valence-electron chi connectivity index (χ2n) is 5.46. The molecular weight excluding hydrogens is 208 g/mol. The summed E-state index contributed by atoms with van der Waals surface area (Å²) >= 11 is 0. The quantitative estimate of drug-likeness (QED) is 0.864. The van der Waals surface area contributed by atoms with Crippen LogP contribution in [0.1, 0.15) is 31.2 Å². The second kappa shape index (κ2) is 6.18. The van der Waals surface area contributed by atoms with Gasteiger partial charge in [-0.1, -0.05) is 30.3 Å². The smallest absolute Gasteiger partial charge is 0.0230 e. The minimum Gasteiger partial charge on any atom is -0.328 e. The molecule has 2 nitrogen and oxygen atoms in total. The largest absolute Gasteiger partial charge is 0.328 e. The standard InChI is InChI=1S/C15H24N2/c1-17(11-13-5-3-2-4-6-13)12-14-7-9-15(16)10-8-14/h2-6,14-15H,7-12,16H2,1H3/t14-,15-. The van der Waals surface area contributed by atoms with Crippen molar-refractivity contribution in [1.29, 1.82) is 0 Å². The van der Waals surface area contributed by atoms with Crippen LogP contribution in [-0.2, 0) is 6.54 Å². The summed E-state index contributed by atoms with van der Waals surface area (Å²) in [6.45, 7) is 2.27. The Labute approximate surface area is 105 Å². The molecule has 2 N–H and O–H groups in total. The van der Waals surface area contributed by atoms with E-state index in [2.05, 4.69) is 42.3 Å². The van der Waals surface area contributed by atoms with Crippen LogP contribution < -0.4 is 5.73 Å². The molecule has 0 unspecified atom stereocenters. The zero-order valence-corrected chi connectivity index (χ0v) is 10.8. The van der Waals surface area contributed by atoms with Crippen LogP contribution in [0.4, 0.5) is 0 Å². The lowest BCUT2D eigenvalue weighted by atomic mass is 9.86. The summed E-state index contributed by atoms with van der Waals surface area (Å²) in [6.07, 6.45) is 5.04. The van der Waals surface area contributed by atoms with E-state index in [1.54, 1.807) is 0 Å². The molecule has 2 heteroatoms. The second-order valence-corrected chi connectivity index (χ2v) is 5.46. The molecule has 0 bridgehead atoms. The molecule has 0 atom stereocenters. The summed E-state index contributed by atoms with van der Waals surface area (Å²) in [5, 5.41) is 0. The summed E-state index contributed by atoms with van der Waals surface area (Å²) in [7, 11) is 2.22. The predicted octanol–water partition coefficient (Wildman–Crippen LogP) is 2.64. The van der Waals surface area contributed by atoms with Crippen LogP contribution in [0.5, 0.6) is 0 Å². The molecular formula is C15H24N2. The van der Waals surface area contributed by atoms with Gasteiger partial charge in [0.15, 0.2) is 0 Å². The number of hydrogen-bond acceptors (Lipinski definition) is 2. The Morgan fingerprint density at radius 1 is 1.12 bits per heavy atom. The van der Waals surface area contributed by atoms with Gasteiger partial charge in [-0.3, -0.25) is 0 Å². The van der Waals surface area contributed by atoms with E-state index in [0.717, 1.165) is 12.5 Å². The van der Waals surface area contributed by atoms with E-state index >= 15 is 0 Å². The van der Waals surface area contributed by atoms with Gasteiger partial charge in [0.25, 0.3) is 0 Å². The molecule has 0 aromatic heterocycles. The molecule has 1 aromatic carbocycles. The van der Waals surface area contributed by atoms with Gasteiger partial charge >= 0.3 is 0 Å². The van der Waals surface area contributed by atoms with E-state index in [-0.39, 0.29) is 0 Å². The van der Waals surface area contributed by atoms with Crippen molar-refractivity contribution in [2.75, 3.05) is 13.6 Å². The maximum atomic E-state index is 5.94. The van der Waals surface area contributed by atoms with Gasteiger partial charge in [-0.05, 0) is 44.2 Å². The molecule has 2 rings (SSSR count). The molecule has 1 aliphatic rings. The fourth-order valence-electron chi connectivity index (χ4n) is 2.77. The minimum atomic E-state index is 0.464. The predicted molar refractivity (Wildman–Crippen MR) is 72.7 cm³/mol. The Kier molecular flexibility index (Phi) is 4.57. The monoisotopic (exact) mass is 232 g/mol. The highest BCUT2D eigenvalue weighted by atomic mass is 15.1. The zero-order chi connectivity index (χ0) is 12.1. The first-order chi connectivity index (χ1) is 8.24. The van der Waals surface area contributed by atoms with Gasteiger partial charge in [0, 0.05) is 19.1 Å². The molecule has 0 amide bonds. The summed E-state index contributed by atoms with van der Waals surface area (Å²) in [6, 6.07) is 11.2. The third-order valence-electron chi connectivity index (χ3n) is 3.76. The highest BCUT2D eigenvalue weighted by Gasteiger charge is 2.19. The molecule has 0 heterocycles. The van der Waals surface area contributed by atoms with Gasteiger partial charge in [0.05, 0.1) is 0 Å². The molecule has 0 spiro atoms. The van der Waals surface area contributed by atoms with Crippen LogP contribution in [0.2, 0.25) is 0 Å². The van der Waals surface area contributed by atoms with Crippen molar-refractivity contribution >= 4 is 0 Å². The van der Waals surface area contributed by atoms with Gasteiger partial charge in [0.2, 0.25) is 0 Å². The van der Waals surface area contributed by atoms with Crippen molar-refractivity contribution in [2.45, 2.75) is 38.3 Å². The molecule has 94 valence electrons. The third-order valence-corrected chi connectivity index (χ3v) is 3.76. The third kappa shape index (κ3) is 4.14. The summed E-state index contributed by atoms with van der Waals surface area (Å²) in [5.74, 6) is 0.850. The number of benzene rings is 1. The molecule has 0 saturated heterocycles. The van der Waals surface area contributed by atoms with E-state index < -0.39 is 0 Å². The van der Waals surface area contributed by atoms with Gasteiger partial charge < -0.3 is 10.6 Å². The average molecular weight is 232 g/mol. The first kappa shape index (κ1) is 12.6. The summed E-state index contributed by atoms with van der Waals surface area (Å²) in [4.78, 5) is 2.44. The average Bonchev–Trinajstić information content (AvgIpc) is 2.33. The molecule has 1 saturated carbocycles. The Morgan fingerprint density at radius 2 is 1.76 bits per heavy atom. The number of hydrogen-bond donors (Lipinski definition) is 1. The molecule has 0 aliphatic heterocycles. The van der Waals surface area contributed by atoms with Gasteiger partial charge in [-0.2, -0.15) is 0 Å². The molecule has 1 aliphatic carbocycles. The first-order valence-electron chi connectivity index (χ1n) is 6.72. The fourth-order valence-corrected chi connectivity index (χ4v) is 2.77. The Balaban J connectivity index is 1.76. The van der Waals surface area contributed by atoms with Crippen LogP contribution in [0.15, 0.2) is 30.3 Å². The van der Waals surface area contributed by atoms with Crippen LogP contribution in [0.3, 0.4) is 0 Å². The van der Waals surface area contributed by atoms with E-state index in [1.807, 2.05) is 0 Å². The molecule has 0 radical (unpaired) electrons. The van der Waals surface area contributed by atoms with E-state index in [0.29, 0.717) is 6.04 Å². The van der Waals surface area contributed by atoms with Crippen molar-refractivity contribution in [1.82, 2.24) is 4.90 Å². The topological polar surface area (TPSA) is 29.3 Å². The normalized spacial score (nSPS) is 25.1. The molecule has 1 fully saturated rings. The van der Waals surface area contributed by atoms with Crippen LogP contribution in [0, 0.1) is 5.92 Å². The number of rotatable bonds is 4. The van der Waals surface area contributed by atoms with Crippen LogP contribution in [-0.4, -0.2) is 24.5 Å². The fraction of sp³-hybridized carbons (Fsp3) is 0.600. The van der Waals surface area contributed by atoms with Crippen molar-refractivity contribution < 1.29 is 0 Å². The lowest BCUT2D eigenvalue weighted by Gasteiger charge is -2.29. The highest BCUT2D eigenvalue weighted by molar-refractivity contribution is 5.14. The van der Waals surface area contributed by atoms with E-state index in [4.69, 9.17) is 5.73 Å². The van der Waals surface area contributed by atoms with Gasteiger partial charge in [-0.15, -0.1) is 0 Å². The van der Waals surface area contributed by atoms with Crippen molar-refractivity contribution in [3.63, 3.8) is 0 Å². The Hall–Kier alpha value is -0.860. The first-order valence-corrected chi connectivity index (χ1v) is 6.72. The maximum Gasteiger partial charge on any atom is 0.0230 e. The zero-order valence-electron chi connectivity index (χ0n) is 10.8. The number of nitrogens with zero attached hydrogens (tertiary/aromatic N) is 1. The van der Waals surface area contributed by atoms with Gasteiger partial charge in [0.1, 0.15) is 0 Å². The van der Waals surface area contributed by atoms with E-state index in [9.17, 15) is 0 Å². The van der Waals surface area contributed by atoms with Crippen molar-refractivity contribution in [3.8, 4) is 0 Å². The Morgan fingerprint density at radius 3 is 2.41 bits per heavy atom. The van der Waals surface area contributed by atoms with Gasteiger partial charge in [-0.25, -0.2) is 0 Å². The summed E-state index contributed by atoms with van der Waals surface area (Å²) in [5.41, 5.74) is 7.34. The van der Waals surface area contributed by atoms with E-state index in [1.165, 1.54) is 37.8 Å². The molecule has 17 heavy (non-hydrogen) atoms. The lowest BCUT2D eigenvalue weighted by molar-refractivity contribution is 0.219. The lowest BCUT2D eigenvalue weighted by Crippen LogP contribution is -2.32. The minimum absolute atomic E-state index is 0.464. The molecule has 1 aromatic rings.